The Bertz CT molecular complexity index is 690. The van der Waals surface area contributed by atoms with Crippen LogP contribution in [0.3, 0.4) is 0 Å². The van der Waals surface area contributed by atoms with Crippen molar-refractivity contribution < 1.29 is 14.0 Å². The van der Waals surface area contributed by atoms with Crippen molar-refractivity contribution in [2.75, 3.05) is 6.61 Å². The lowest BCUT2D eigenvalue weighted by atomic mass is 9.97. The summed E-state index contributed by atoms with van der Waals surface area (Å²) in [7, 11) is -3.71. The number of rotatable bonds is 5. The van der Waals surface area contributed by atoms with Gasteiger partial charge in [0, 0.05) is 0 Å². The zero-order valence-corrected chi connectivity index (χ0v) is 14.4. The third-order valence-electron chi connectivity index (χ3n) is 3.95. The molecule has 1 atom stereocenters. The normalized spacial score (nSPS) is 14.6. The minimum absolute atomic E-state index is 0.221. The van der Waals surface area contributed by atoms with E-state index >= 15 is 0 Å². The van der Waals surface area contributed by atoms with Gasteiger partial charge in [-0.3, -0.25) is 4.57 Å². The summed E-state index contributed by atoms with van der Waals surface area (Å²) in [5.74, 6) is 0. The molecular formula is C18H23O3P. The highest BCUT2D eigenvalue weighted by atomic mass is 31.2. The molecule has 0 aliphatic carbocycles. The summed E-state index contributed by atoms with van der Waals surface area (Å²) in [6, 6.07) is 16.0. The second kappa shape index (κ2) is 6.37. The van der Waals surface area contributed by atoms with Crippen LogP contribution in [0.25, 0.3) is 11.1 Å². The van der Waals surface area contributed by atoms with Crippen LogP contribution in [0.2, 0.25) is 0 Å². The molecule has 0 spiro atoms. The molecule has 2 aromatic carbocycles. The van der Waals surface area contributed by atoms with E-state index in [1.165, 1.54) is 5.56 Å². The van der Waals surface area contributed by atoms with E-state index in [1.54, 1.807) is 20.8 Å². The molecule has 22 heavy (non-hydrogen) atoms. The zero-order chi connectivity index (χ0) is 16.4. The molecule has 3 nitrogen and oxygen atoms in total. The van der Waals surface area contributed by atoms with Gasteiger partial charge >= 0.3 is 7.60 Å². The Kier molecular flexibility index (Phi) is 4.91. The summed E-state index contributed by atoms with van der Waals surface area (Å²) >= 11 is 0. The molecule has 0 radical (unpaired) electrons. The van der Waals surface area contributed by atoms with Crippen LogP contribution in [0.15, 0.2) is 48.5 Å². The molecule has 0 saturated heterocycles. The molecule has 2 rings (SSSR count). The van der Waals surface area contributed by atoms with Crippen molar-refractivity contribution in [3.63, 3.8) is 0 Å². The molecule has 0 aliphatic heterocycles. The molecule has 0 aliphatic rings. The lowest BCUT2D eigenvalue weighted by molar-refractivity contribution is 0.251. The van der Waals surface area contributed by atoms with Crippen molar-refractivity contribution in [2.45, 2.75) is 32.9 Å². The second-order valence-electron chi connectivity index (χ2n) is 5.94. The molecular weight excluding hydrogens is 295 g/mol. The maximum absolute atomic E-state index is 12.4. The van der Waals surface area contributed by atoms with Crippen LogP contribution in [0.4, 0.5) is 0 Å². The van der Waals surface area contributed by atoms with Gasteiger partial charge in [-0.1, -0.05) is 54.1 Å². The molecule has 0 aromatic heterocycles. The van der Waals surface area contributed by atoms with Crippen LogP contribution in [-0.2, 0) is 14.2 Å². The Morgan fingerprint density at radius 1 is 1.09 bits per heavy atom. The monoisotopic (exact) mass is 318 g/mol. The second-order valence-corrected chi connectivity index (χ2v) is 8.36. The zero-order valence-electron chi connectivity index (χ0n) is 13.5. The quantitative estimate of drug-likeness (QED) is 0.778. The van der Waals surface area contributed by atoms with Crippen molar-refractivity contribution in [2.24, 2.45) is 0 Å². The summed E-state index contributed by atoms with van der Waals surface area (Å²) in [5, 5.41) is -0.936. The van der Waals surface area contributed by atoms with Crippen molar-refractivity contribution >= 4 is 7.60 Å². The van der Waals surface area contributed by atoms with Crippen molar-refractivity contribution in [1.29, 1.82) is 0 Å². The SMILES string of the molecule is CCOP(=O)(O)C(C)(C)c1ccc(-c2cccc(C)c2)cc1. The Morgan fingerprint density at radius 3 is 2.27 bits per heavy atom. The van der Waals surface area contributed by atoms with Crippen LogP contribution < -0.4 is 0 Å². The summed E-state index contributed by atoms with van der Waals surface area (Å²) in [6.45, 7) is 7.49. The number of benzene rings is 2. The third-order valence-corrected chi connectivity index (χ3v) is 6.23. The molecule has 0 amide bonds. The number of hydrogen-bond acceptors (Lipinski definition) is 2. The molecule has 4 heteroatoms. The van der Waals surface area contributed by atoms with E-state index in [0.29, 0.717) is 0 Å². The Hall–Kier alpha value is -1.41. The Balaban J connectivity index is 2.34. The average Bonchev–Trinajstić information content (AvgIpc) is 2.47. The van der Waals surface area contributed by atoms with Gasteiger partial charge in [0.15, 0.2) is 0 Å². The number of aryl methyl sites for hydroxylation is 1. The molecule has 1 N–H and O–H groups in total. The smallest absolute Gasteiger partial charge is 0.324 e. The van der Waals surface area contributed by atoms with Crippen LogP contribution >= 0.6 is 7.60 Å². The van der Waals surface area contributed by atoms with Crippen molar-refractivity contribution in [3.8, 4) is 11.1 Å². The van der Waals surface area contributed by atoms with Gasteiger partial charge in [-0.05, 0) is 44.4 Å². The van der Waals surface area contributed by atoms with Crippen LogP contribution in [-0.4, -0.2) is 11.5 Å². The molecule has 2 aromatic rings. The Labute approximate surface area is 132 Å². The molecule has 0 fully saturated rings. The maximum Gasteiger partial charge on any atom is 0.337 e. The van der Waals surface area contributed by atoms with E-state index in [0.717, 1.165) is 16.7 Å². The molecule has 0 bridgehead atoms. The minimum Gasteiger partial charge on any atom is -0.324 e. The van der Waals surface area contributed by atoms with Gasteiger partial charge < -0.3 is 9.42 Å². The van der Waals surface area contributed by atoms with Crippen LogP contribution in [0.1, 0.15) is 31.9 Å². The van der Waals surface area contributed by atoms with Gasteiger partial charge in [0.25, 0.3) is 0 Å². The number of hydrogen-bond donors (Lipinski definition) is 1. The highest BCUT2D eigenvalue weighted by molar-refractivity contribution is 7.54. The van der Waals surface area contributed by atoms with Crippen molar-refractivity contribution in [3.05, 3.63) is 59.7 Å². The van der Waals surface area contributed by atoms with E-state index in [2.05, 4.69) is 25.1 Å². The lowest BCUT2D eigenvalue weighted by Crippen LogP contribution is -2.19. The first-order valence-corrected chi connectivity index (χ1v) is 9.00. The highest BCUT2D eigenvalue weighted by Gasteiger charge is 2.41. The predicted molar refractivity (Wildman–Crippen MR) is 91.1 cm³/mol. The fourth-order valence-electron chi connectivity index (χ4n) is 2.39. The standard InChI is InChI=1S/C18H23O3P/c1-5-21-22(19,20)18(3,4)17-11-9-15(10-12-17)16-8-6-7-14(2)13-16/h6-13H,5H2,1-4H3,(H,19,20). The molecule has 1 unspecified atom stereocenters. The van der Waals surface area contributed by atoms with Gasteiger partial charge in [-0.25, -0.2) is 0 Å². The fraction of sp³-hybridized carbons (Fsp3) is 0.333. The van der Waals surface area contributed by atoms with Crippen molar-refractivity contribution in [1.82, 2.24) is 0 Å². The summed E-state index contributed by atoms with van der Waals surface area (Å²) < 4.78 is 17.5. The molecule has 0 saturated carbocycles. The van der Waals surface area contributed by atoms with Gasteiger partial charge in [0.2, 0.25) is 0 Å². The topological polar surface area (TPSA) is 46.5 Å². The Morgan fingerprint density at radius 2 is 1.73 bits per heavy atom. The molecule has 118 valence electrons. The predicted octanol–water partition coefficient (Wildman–Crippen LogP) is 5.12. The summed E-state index contributed by atoms with van der Waals surface area (Å²) in [5.41, 5.74) is 4.23. The lowest BCUT2D eigenvalue weighted by Gasteiger charge is -2.29. The maximum atomic E-state index is 12.4. The van der Waals surface area contributed by atoms with Crippen LogP contribution in [0.5, 0.6) is 0 Å². The summed E-state index contributed by atoms with van der Waals surface area (Å²) in [4.78, 5) is 10.2. The first kappa shape index (κ1) is 17.0. The van der Waals surface area contributed by atoms with Gasteiger partial charge in [-0.15, -0.1) is 0 Å². The minimum atomic E-state index is -3.71. The summed E-state index contributed by atoms with van der Waals surface area (Å²) in [6.07, 6.45) is 0. The van der Waals surface area contributed by atoms with Crippen LogP contribution in [0, 0.1) is 6.92 Å². The van der Waals surface area contributed by atoms with Gasteiger partial charge in [0.1, 0.15) is 0 Å². The van der Waals surface area contributed by atoms with E-state index in [-0.39, 0.29) is 6.61 Å². The van der Waals surface area contributed by atoms with E-state index in [9.17, 15) is 9.46 Å². The first-order valence-electron chi connectivity index (χ1n) is 7.43. The largest absolute Gasteiger partial charge is 0.337 e. The van der Waals surface area contributed by atoms with Gasteiger partial charge in [-0.2, -0.15) is 0 Å². The fourth-order valence-corrected chi connectivity index (χ4v) is 3.54. The van der Waals surface area contributed by atoms with Gasteiger partial charge in [0.05, 0.1) is 11.8 Å². The van der Waals surface area contributed by atoms with E-state index in [4.69, 9.17) is 4.52 Å². The van der Waals surface area contributed by atoms with E-state index < -0.39 is 12.8 Å². The highest BCUT2D eigenvalue weighted by Crippen LogP contribution is 2.60. The average molecular weight is 318 g/mol. The third kappa shape index (κ3) is 3.33. The first-order chi connectivity index (χ1) is 10.3. The molecule has 0 heterocycles. The van der Waals surface area contributed by atoms with E-state index in [1.807, 2.05) is 30.3 Å².